The van der Waals surface area contributed by atoms with Gasteiger partial charge in [-0.05, 0) is 37.5 Å². The Labute approximate surface area is 113 Å². The van der Waals surface area contributed by atoms with Crippen LogP contribution in [-0.2, 0) is 17.0 Å². The van der Waals surface area contributed by atoms with Crippen LogP contribution in [0.1, 0.15) is 31.7 Å². The monoisotopic (exact) mass is 293 g/mol. The van der Waals surface area contributed by atoms with Crippen molar-refractivity contribution in [3.8, 4) is 0 Å². The van der Waals surface area contributed by atoms with E-state index in [1.54, 1.807) is 0 Å². The highest BCUT2D eigenvalue weighted by molar-refractivity contribution is 7.85. The van der Waals surface area contributed by atoms with Crippen molar-refractivity contribution in [1.82, 2.24) is 0 Å². The van der Waals surface area contributed by atoms with Crippen molar-refractivity contribution in [3.63, 3.8) is 0 Å². The fourth-order valence-corrected chi connectivity index (χ4v) is 2.77. The molecule has 2 unspecified atom stereocenters. The number of rotatable bonds is 6. The molecule has 0 amide bonds. The predicted octanol–water partition coefficient (Wildman–Crippen LogP) is 3.33. The first-order valence-corrected chi connectivity index (χ1v) is 7.47. The molecule has 0 aliphatic heterocycles. The van der Waals surface area contributed by atoms with Crippen molar-refractivity contribution < 1.29 is 17.4 Å². The van der Waals surface area contributed by atoms with Gasteiger partial charge in [0, 0.05) is 16.7 Å². The summed E-state index contributed by atoms with van der Waals surface area (Å²) in [6.45, 7) is 1.97. The van der Waals surface area contributed by atoms with Gasteiger partial charge in [0.1, 0.15) is 0 Å². The van der Waals surface area contributed by atoms with E-state index >= 15 is 0 Å². The molecule has 0 saturated heterocycles. The van der Waals surface area contributed by atoms with Crippen molar-refractivity contribution in [1.29, 1.82) is 0 Å². The number of hydrogen-bond acceptors (Lipinski definition) is 2. The van der Waals surface area contributed by atoms with E-state index in [9.17, 15) is 17.4 Å². The van der Waals surface area contributed by atoms with Crippen molar-refractivity contribution in [2.75, 3.05) is 5.75 Å². The van der Waals surface area contributed by atoms with Gasteiger partial charge in [-0.25, -0.2) is 0 Å². The Kier molecular flexibility index (Phi) is 6.00. The molecule has 0 bridgehead atoms. The molecule has 1 rings (SSSR count). The molecule has 6 heteroatoms. The molecule has 0 aliphatic carbocycles. The minimum Gasteiger partial charge on any atom is -0.328 e. The first kappa shape index (κ1) is 16.2. The van der Waals surface area contributed by atoms with E-state index in [1.165, 1.54) is 12.1 Å². The number of benzene rings is 1. The predicted molar refractivity (Wildman–Crippen MR) is 70.2 cm³/mol. The van der Waals surface area contributed by atoms with Crippen molar-refractivity contribution in [3.05, 3.63) is 29.8 Å². The van der Waals surface area contributed by atoms with E-state index in [4.69, 9.17) is 5.73 Å². The van der Waals surface area contributed by atoms with Crippen molar-refractivity contribution in [2.24, 2.45) is 5.73 Å². The van der Waals surface area contributed by atoms with Crippen LogP contribution >= 0.6 is 0 Å². The molecule has 2 nitrogen and oxygen atoms in total. The summed E-state index contributed by atoms with van der Waals surface area (Å²) in [5, 5.41) is 0. The second-order valence-corrected chi connectivity index (χ2v) is 5.96. The van der Waals surface area contributed by atoms with E-state index in [0.29, 0.717) is 12.2 Å². The Bertz CT molecular complexity index is 434. The summed E-state index contributed by atoms with van der Waals surface area (Å²) in [5.74, 6) is 0.342. The van der Waals surface area contributed by atoms with Crippen LogP contribution in [0.15, 0.2) is 29.2 Å². The van der Waals surface area contributed by atoms with Crippen LogP contribution in [0.4, 0.5) is 13.2 Å². The van der Waals surface area contributed by atoms with Crippen LogP contribution < -0.4 is 5.73 Å². The summed E-state index contributed by atoms with van der Waals surface area (Å²) >= 11 is 0. The summed E-state index contributed by atoms with van der Waals surface area (Å²) in [6, 6.07) is 4.75. The largest absolute Gasteiger partial charge is 0.416 e. The zero-order valence-electron chi connectivity index (χ0n) is 10.7. The highest BCUT2D eigenvalue weighted by atomic mass is 32.2. The minimum absolute atomic E-state index is 0.0681. The molecular formula is C13H18F3NOS. The van der Waals surface area contributed by atoms with Crippen LogP contribution in [-0.4, -0.2) is 16.0 Å². The third-order valence-electron chi connectivity index (χ3n) is 2.85. The number of hydrogen-bond donors (Lipinski definition) is 1. The molecule has 1 aromatic rings. The fourth-order valence-electron chi connectivity index (χ4n) is 1.61. The zero-order valence-corrected chi connectivity index (χ0v) is 11.6. The molecule has 108 valence electrons. The summed E-state index contributed by atoms with van der Waals surface area (Å²) in [5.41, 5.74) is 4.97. The zero-order chi connectivity index (χ0) is 14.5. The maximum atomic E-state index is 12.5. The third kappa shape index (κ3) is 5.32. The van der Waals surface area contributed by atoms with Gasteiger partial charge >= 0.3 is 6.18 Å². The topological polar surface area (TPSA) is 43.1 Å². The molecule has 2 N–H and O–H groups in total. The number of nitrogens with two attached hydrogens (primary N) is 1. The van der Waals surface area contributed by atoms with Crippen LogP contribution in [0, 0.1) is 0 Å². The molecule has 2 atom stereocenters. The summed E-state index contributed by atoms with van der Waals surface area (Å²) in [7, 11) is -1.40. The smallest absolute Gasteiger partial charge is 0.328 e. The van der Waals surface area contributed by atoms with Crippen molar-refractivity contribution >= 4 is 10.8 Å². The first-order chi connectivity index (χ1) is 8.84. The SMILES string of the molecule is CCC(N)CCCS(=O)c1cccc(C(F)(F)F)c1. The van der Waals surface area contributed by atoms with Gasteiger partial charge in [0.2, 0.25) is 0 Å². The molecule has 0 saturated carbocycles. The molecule has 19 heavy (non-hydrogen) atoms. The van der Waals surface area contributed by atoms with Gasteiger partial charge in [0.15, 0.2) is 0 Å². The van der Waals surface area contributed by atoms with Gasteiger partial charge in [-0.2, -0.15) is 13.2 Å². The van der Waals surface area contributed by atoms with Crippen LogP contribution in [0.25, 0.3) is 0 Å². The van der Waals surface area contributed by atoms with Crippen LogP contribution in [0.5, 0.6) is 0 Å². The van der Waals surface area contributed by atoms with Gasteiger partial charge in [0.25, 0.3) is 0 Å². The van der Waals surface area contributed by atoms with Crippen LogP contribution in [0.3, 0.4) is 0 Å². The second-order valence-electron chi connectivity index (χ2n) is 4.39. The number of halogens is 3. The van der Waals surface area contributed by atoms with Gasteiger partial charge in [0.05, 0.1) is 16.4 Å². The van der Waals surface area contributed by atoms with Gasteiger partial charge in [-0.3, -0.25) is 4.21 Å². The summed E-state index contributed by atoms with van der Waals surface area (Å²) in [6.07, 6.45) is -2.17. The van der Waals surface area contributed by atoms with E-state index in [0.717, 1.165) is 25.0 Å². The maximum absolute atomic E-state index is 12.5. The maximum Gasteiger partial charge on any atom is 0.416 e. The quantitative estimate of drug-likeness (QED) is 0.874. The summed E-state index contributed by atoms with van der Waals surface area (Å²) < 4.78 is 49.5. The lowest BCUT2D eigenvalue weighted by Gasteiger charge is -2.10. The van der Waals surface area contributed by atoms with Gasteiger partial charge < -0.3 is 5.73 Å². The van der Waals surface area contributed by atoms with E-state index in [2.05, 4.69) is 0 Å². The lowest BCUT2D eigenvalue weighted by Crippen LogP contribution is -2.19. The first-order valence-electron chi connectivity index (χ1n) is 6.15. The fraction of sp³-hybridized carbons (Fsp3) is 0.538. The Morgan fingerprint density at radius 3 is 2.63 bits per heavy atom. The van der Waals surface area contributed by atoms with Crippen molar-refractivity contribution in [2.45, 2.75) is 43.3 Å². The number of alkyl halides is 3. The Morgan fingerprint density at radius 2 is 2.05 bits per heavy atom. The molecule has 0 radical (unpaired) electrons. The Balaban J connectivity index is 2.63. The average molecular weight is 293 g/mol. The summed E-state index contributed by atoms with van der Waals surface area (Å²) in [4.78, 5) is 0.222. The van der Waals surface area contributed by atoms with E-state index in [-0.39, 0.29) is 10.9 Å². The Morgan fingerprint density at radius 1 is 1.37 bits per heavy atom. The molecule has 1 aromatic carbocycles. The minimum atomic E-state index is -4.40. The highest BCUT2D eigenvalue weighted by Crippen LogP contribution is 2.30. The lowest BCUT2D eigenvalue weighted by molar-refractivity contribution is -0.137. The molecular weight excluding hydrogens is 275 g/mol. The second kappa shape index (κ2) is 7.05. The molecule has 0 spiro atoms. The molecule has 0 aliphatic rings. The average Bonchev–Trinajstić information content (AvgIpc) is 2.37. The third-order valence-corrected chi connectivity index (χ3v) is 4.29. The lowest BCUT2D eigenvalue weighted by atomic mass is 10.1. The highest BCUT2D eigenvalue weighted by Gasteiger charge is 2.30. The standard InChI is InChI=1S/C13H18F3NOS/c1-2-11(17)6-4-8-19(18)12-7-3-5-10(9-12)13(14,15)16/h3,5,7,9,11H,2,4,6,8,17H2,1H3. The van der Waals surface area contributed by atoms with E-state index in [1.807, 2.05) is 6.92 Å². The molecule has 0 aromatic heterocycles. The van der Waals surface area contributed by atoms with Gasteiger partial charge in [-0.1, -0.05) is 13.0 Å². The van der Waals surface area contributed by atoms with Crippen LogP contribution in [0.2, 0.25) is 0 Å². The Hall–Kier alpha value is -0.880. The van der Waals surface area contributed by atoms with Gasteiger partial charge in [-0.15, -0.1) is 0 Å². The normalized spacial score (nSPS) is 15.2. The molecule has 0 heterocycles. The molecule has 0 fully saturated rings. The van der Waals surface area contributed by atoms with E-state index < -0.39 is 22.5 Å².